The van der Waals surface area contributed by atoms with Gasteiger partial charge in [0.05, 0.1) is 12.1 Å². The van der Waals surface area contributed by atoms with Gasteiger partial charge >= 0.3 is 0 Å². The molecule has 1 atom stereocenters. The van der Waals surface area contributed by atoms with Crippen molar-refractivity contribution in [3.63, 3.8) is 0 Å². The zero-order valence-corrected chi connectivity index (χ0v) is 13.0. The number of aliphatic hydroxyl groups is 1. The summed E-state index contributed by atoms with van der Waals surface area (Å²) in [5, 5.41) is 13.5. The van der Waals surface area contributed by atoms with E-state index in [-0.39, 0.29) is 19.0 Å². The number of ether oxygens (including phenoxy) is 2. The normalized spacial score (nSPS) is 20.7. The Balaban J connectivity index is 1.67. The molecule has 0 unspecified atom stereocenters. The maximum Gasteiger partial charge on any atom is 0.261 e. The lowest BCUT2D eigenvalue weighted by Gasteiger charge is -2.20. The highest BCUT2D eigenvalue weighted by Gasteiger charge is 2.47. The van der Waals surface area contributed by atoms with Gasteiger partial charge in [-0.25, -0.2) is 0 Å². The monoisotopic (exact) mass is 325 g/mol. The fourth-order valence-corrected chi connectivity index (χ4v) is 3.10. The van der Waals surface area contributed by atoms with E-state index in [1.54, 1.807) is 30.3 Å². The van der Waals surface area contributed by atoms with E-state index in [0.717, 1.165) is 5.56 Å². The molecule has 4 rings (SSSR count). The largest absolute Gasteiger partial charge is 0.454 e. The molecule has 6 nitrogen and oxygen atoms in total. The van der Waals surface area contributed by atoms with E-state index in [2.05, 4.69) is 5.32 Å². The molecule has 2 aromatic carbocycles. The van der Waals surface area contributed by atoms with Crippen LogP contribution in [0.15, 0.2) is 36.4 Å². The first-order chi connectivity index (χ1) is 11.5. The van der Waals surface area contributed by atoms with Crippen LogP contribution in [-0.2, 0) is 10.4 Å². The number of Topliss-reactive ketones (excluding diaryl/α,β-unsaturated/α-hetero) is 1. The van der Waals surface area contributed by atoms with Crippen LogP contribution in [0.1, 0.15) is 27.9 Å². The van der Waals surface area contributed by atoms with Crippen LogP contribution in [0.4, 0.5) is 5.69 Å². The fraction of sp³-hybridized carbons (Fsp3) is 0.222. The predicted molar refractivity (Wildman–Crippen MR) is 85.2 cm³/mol. The number of amides is 1. The minimum Gasteiger partial charge on any atom is -0.454 e. The molecular formula is C18H15NO5. The second-order valence-electron chi connectivity index (χ2n) is 5.98. The van der Waals surface area contributed by atoms with E-state index in [1.807, 2.05) is 13.0 Å². The Hall–Kier alpha value is -2.86. The van der Waals surface area contributed by atoms with E-state index in [9.17, 15) is 14.7 Å². The zero-order valence-electron chi connectivity index (χ0n) is 13.0. The zero-order chi connectivity index (χ0) is 16.9. The van der Waals surface area contributed by atoms with E-state index >= 15 is 0 Å². The van der Waals surface area contributed by atoms with Gasteiger partial charge in [-0.1, -0.05) is 18.2 Å². The molecular weight excluding hydrogens is 310 g/mol. The minimum atomic E-state index is -1.87. The quantitative estimate of drug-likeness (QED) is 0.845. The molecule has 0 fully saturated rings. The molecule has 2 aromatic rings. The second kappa shape index (κ2) is 5.07. The Labute approximate surface area is 138 Å². The summed E-state index contributed by atoms with van der Waals surface area (Å²) in [7, 11) is 0. The standard InChI is InChI=1S/C18H15NO5/c1-10-3-2-4-12-16(10)19-17(21)18(12,22)8-13(20)11-5-6-14-15(7-11)24-9-23-14/h2-7,22H,8-9H2,1H3,(H,19,21)/t18-/m0/s1. The van der Waals surface area contributed by atoms with Crippen LogP contribution in [0.25, 0.3) is 0 Å². The smallest absolute Gasteiger partial charge is 0.261 e. The first kappa shape index (κ1) is 14.7. The van der Waals surface area contributed by atoms with E-state index in [1.165, 1.54) is 0 Å². The molecule has 0 bridgehead atoms. The average molecular weight is 325 g/mol. The summed E-state index contributed by atoms with van der Waals surface area (Å²) in [6.45, 7) is 1.95. The molecule has 122 valence electrons. The Morgan fingerprint density at radius 1 is 1.25 bits per heavy atom. The van der Waals surface area contributed by atoms with Gasteiger partial charge in [0.1, 0.15) is 0 Å². The first-order valence-corrected chi connectivity index (χ1v) is 7.56. The highest BCUT2D eigenvalue weighted by atomic mass is 16.7. The first-order valence-electron chi connectivity index (χ1n) is 7.56. The second-order valence-corrected chi connectivity index (χ2v) is 5.98. The highest BCUT2D eigenvalue weighted by molar-refractivity contribution is 6.10. The van der Waals surface area contributed by atoms with Gasteiger partial charge in [0.25, 0.3) is 5.91 Å². The van der Waals surface area contributed by atoms with Crippen molar-refractivity contribution in [3.8, 4) is 11.5 Å². The maximum absolute atomic E-state index is 12.6. The molecule has 2 aliphatic rings. The Kier molecular flexibility index (Phi) is 3.11. The maximum atomic E-state index is 12.6. The summed E-state index contributed by atoms with van der Waals surface area (Å²) < 4.78 is 10.5. The van der Waals surface area contributed by atoms with Gasteiger partial charge in [-0.15, -0.1) is 0 Å². The number of carbonyl (C=O) groups excluding carboxylic acids is 2. The van der Waals surface area contributed by atoms with Crippen LogP contribution >= 0.6 is 0 Å². The van der Waals surface area contributed by atoms with Gasteiger partial charge in [-0.05, 0) is 30.7 Å². The van der Waals surface area contributed by atoms with Crippen molar-refractivity contribution in [2.75, 3.05) is 12.1 Å². The number of anilines is 1. The topological polar surface area (TPSA) is 84.9 Å². The lowest BCUT2D eigenvalue weighted by atomic mass is 9.87. The van der Waals surface area contributed by atoms with Crippen molar-refractivity contribution in [1.29, 1.82) is 0 Å². The number of aryl methyl sites for hydroxylation is 1. The molecule has 6 heteroatoms. The molecule has 0 spiro atoms. The highest BCUT2D eigenvalue weighted by Crippen LogP contribution is 2.41. The summed E-state index contributed by atoms with van der Waals surface area (Å²) in [5.41, 5.74) is 0.341. The van der Waals surface area contributed by atoms with Gasteiger partial charge in [0.15, 0.2) is 22.9 Å². The summed E-state index contributed by atoms with van der Waals surface area (Å²) in [6, 6.07) is 10.1. The summed E-state index contributed by atoms with van der Waals surface area (Å²) in [4.78, 5) is 24.9. The number of nitrogens with one attached hydrogen (secondary N) is 1. The van der Waals surface area contributed by atoms with Crippen molar-refractivity contribution >= 4 is 17.4 Å². The number of fused-ring (bicyclic) bond motifs is 2. The molecule has 2 N–H and O–H groups in total. The molecule has 0 aromatic heterocycles. The van der Waals surface area contributed by atoms with Gasteiger partial charge in [-0.3, -0.25) is 9.59 Å². The predicted octanol–water partition coefficient (Wildman–Crippen LogP) is 2.14. The fourth-order valence-electron chi connectivity index (χ4n) is 3.10. The van der Waals surface area contributed by atoms with Crippen molar-refractivity contribution in [2.45, 2.75) is 18.9 Å². The molecule has 2 aliphatic heterocycles. The van der Waals surface area contributed by atoms with Crippen LogP contribution in [0.5, 0.6) is 11.5 Å². The Morgan fingerprint density at radius 3 is 2.88 bits per heavy atom. The molecule has 0 saturated heterocycles. The SMILES string of the molecule is Cc1cccc2c1NC(=O)[C@]2(O)CC(=O)c1ccc2c(c1)OCO2. The molecule has 0 saturated carbocycles. The van der Waals surface area contributed by atoms with Gasteiger partial charge in [-0.2, -0.15) is 0 Å². The number of hydrogen-bond donors (Lipinski definition) is 2. The van der Waals surface area contributed by atoms with Crippen molar-refractivity contribution < 1.29 is 24.2 Å². The number of para-hydroxylation sites is 1. The summed E-state index contributed by atoms with van der Waals surface area (Å²) in [5.74, 6) is 0.131. The van der Waals surface area contributed by atoms with Crippen LogP contribution in [0, 0.1) is 6.92 Å². The number of rotatable bonds is 3. The van der Waals surface area contributed by atoms with E-state index in [0.29, 0.717) is 28.3 Å². The lowest BCUT2D eigenvalue weighted by Crippen LogP contribution is -2.36. The van der Waals surface area contributed by atoms with Crippen molar-refractivity contribution in [1.82, 2.24) is 0 Å². The average Bonchev–Trinajstić information content (AvgIpc) is 3.12. The van der Waals surface area contributed by atoms with Gasteiger partial charge < -0.3 is 19.9 Å². The third-order valence-electron chi connectivity index (χ3n) is 4.44. The third kappa shape index (κ3) is 2.07. The molecule has 0 aliphatic carbocycles. The lowest BCUT2D eigenvalue weighted by molar-refractivity contribution is -0.133. The number of ketones is 1. The van der Waals surface area contributed by atoms with Gasteiger partial charge in [0.2, 0.25) is 6.79 Å². The molecule has 2 heterocycles. The number of hydrogen-bond acceptors (Lipinski definition) is 5. The number of carbonyl (C=O) groups is 2. The van der Waals surface area contributed by atoms with Crippen molar-refractivity contribution in [3.05, 3.63) is 53.1 Å². The Morgan fingerprint density at radius 2 is 2.04 bits per heavy atom. The molecule has 1 amide bonds. The van der Waals surface area contributed by atoms with Gasteiger partial charge in [0, 0.05) is 11.1 Å². The summed E-state index contributed by atoms with van der Waals surface area (Å²) >= 11 is 0. The third-order valence-corrected chi connectivity index (χ3v) is 4.44. The van der Waals surface area contributed by atoms with Crippen LogP contribution in [-0.4, -0.2) is 23.6 Å². The van der Waals surface area contributed by atoms with Crippen LogP contribution < -0.4 is 14.8 Å². The number of benzene rings is 2. The molecule has 24 heavy (non-hydrogen) atoms. The Bertz CT molecular complexity index is 876. The van der Waals surface area contributed by atoms with E-state index < -0.39 is 11.5 Å². The van der Waals surface area contributed by atoms with E-state index in [4.69, 9.17) is 9.47 Å². The van der Waals surface area contributed by atoms with Crippen LogP contribution in [0.2, 0.25) is 0 Å². The minimum absolute atomic E-state index is 0.117. The summed E-state index contributed by atoms with van der Waals surface area (Å²) in [6.07, 6.45) is -0.338. The van der Waals surface area contributed by atoms with Crippen LogP contribution in [0.3, 0.4) is 0 Å². The van der Waals surface area contributed by atoms with Crippen molar-refractivity contribution in [2.24, 2.45) is 0 Å². The molecule has 0 radical (unpaired) electrons.